The second kappa shape index (κ2) is 9.88. The molecule has 0 amide bonds. The summed E-state index contributed by atoms with van der Waals surface area (Å²) in [6, 6.07) is 0.394. The Balaban J connectivity index is 0. The molecule has 0 saturated heterocycles. The van der Waals surface area contributed by atoms with Crippen LogP contribution in [0.1, 0.15) is 20.8 Å². The summed E-state index contributed by atoms with van der Waals surface area (Å²) >= 11 is 0. The molecule has 0 spiro atoms. The molecular formula is C8H22N2O. The van der Waals surface area contributed by atoms with Crippen molar-refractivity contribution in [1.29, 1.82) is 0 Å². The fourth-order valence-corrected chi connectivity index (χ4v) is 0.728. The second-order valence-electron chi connectivity index (χ2n) is 2.38. The molecule has 0 bridgehead atoms. The van der Waals surface area contributed by atoms with E-state index in [0.717, 1.165) is 6.61 Å². The van der Waals surface area contributed by atoms with Crippen molar-refractivity contribution >= 4 is 0 Å². The summed E-state index contributed by atoms with van der Waals surface area (Å²) in [6.45, 7) is 6.82. The van der Waals surface area contributed by atoms with E-state index >= 15 is 0 Å². The molecule has 3 nitrogen and oxygen atoms in total. The van der Waals surface area contributed by atoms with Crippen LogP contribution in [0, 0.1) is 0 Å². The maximum absolute atomic E-state index is 4.92. The highest BCUT2D eigenvalue weighted by atomic mass is 16.5. The number of hydrogen-bond donors (Lipinski definition) is 1. The van der Waals surface area contributed by atoms with Crippen LogP contribution >= 0.6 is 0 Å². The van der Waals surface area contributed by atoms with Gasteiger partial charge in [-0.15, -0.1) is 0 Å². The van der Waals surface area contributed by atoms with Crippen LogP contribution in [0.5, 0.6) is 0 Å². The first-order valence-corrected chi connectivity index (χ1v) is 4.09. The molecule has 1 N–H and O–H groups in total. The van der Waals surface area contributed by atoms with E-state index in [1.165, 1.54) is 0 Å². The van der Waals surface area contributed by atoms with Gasteiger partial charge in [0.15, 0.2) is 0 Å². The van der Waals surface area contributed by atoms with Crippen LogP contribution in [0.4, 0.5) is 0 Å². The van der Waals surface area contributed by atoms with Crippen molar-refractivity contribution in [3.8, 4) is 0 Å². The third-order valence-corrected chi connectivity index (χ3v) is 0.895. The molecule has 0 saturated carbocycles. The van der Waals surface area contributed by atoms with Crippen molar-refractivity contribution in [3.05, 3.63) is 0 Å². The van der Waals surface area contributed by atoms with Gasteiger partial charge < -0.3 is 4.74 Å². The lowest BCUT2D eigenvalue weighted by molar-refractivity contribution is 0.134. The third-order valence-electron chi connectivity index (χ3n) is 0.895. The van der Waals surface area contributed by atoms with Crippen molar-refractivity contribution < 1.29 is 4.74 Å². The van der Waals surface area contributed by atoms with E-state index in [9.17, 15) is 0 Å². The lowest BCUT2D eigenvalue weighted by Crippen LogP contribution is -2.40. The first-order chi connectivity index (χ1) is 5.16. The molecule has 1 atom stereocenters. The van der Waals surface area contributed by atoms with Crippen molar-refractivity contribution in [2.24, 2.45) is 0 Å². The van der Waals surface area contributed by atoms with E-state index in [1.54, 1.807) is 7.11 Å². The highest BCUT2D eigenvalue weighted by Crippen LogP contribution is 1.81. The Hall–Kier alpha value is -0.120. The van der Waals surface area contributed by atoms with Crippen LogP contribution in [0.15, 0.2) is 0 Å². The summed E-state index contributed by atoms with van der Waals surface area (Å²) in [4.78, 5) is 0. The van der Waals surface area contributed by atoms with E-state index in [0.29, 0.717) is 6.04 Å². The summed E-state index contributed by atoms with van der Waals surface area (Å²) in [5.74, 6) is 0. The van der Waals surface area contributed by atoms with Gasteiger partial charge in [0, 0.05) is 27.2 Å². The Labute approximate surface area is 70.7 Å². The molecular weight excluding hydrogens is 140 g/mol. The molecule has 0 aromatic carbocycles. The van der Waals surface area contributed by atoms with Crippen LogP contribution < -0.4 is 5.43 Å². The maximum atomic E-state index is 4.92. The lowest BCUT2D eigenvalue weighted by atomic mass is 10.4. The standard InChI is InChI=1S/C6H16N2O.C2H6/c1-6(5-9-4)7-8(2)3;1-2/h6-7H,5H2,1-4H3;1-2H3. The van der Waals surface area contributed by atoms with Gasteiger partial charge in [-0.1, -0.05) is 13.8 Å². The van der Waals surface area contributed by atoms with Crippen molar-refractivity contribution in [2.45, 2.75) is 26.8 Å². The average molecular weight is 162 g/mol. The molecule has 0 aromatic rings. The minimum atomic E-state index is 0.394. The number of hydrazine groups is 1. The Bertz CT molecular complexity index is 67.1. The molecule has 0 fully saturated rings. The molecule has 0 aliphatic rings. The Morgan fingerprint density at radius 3 is 2.09 bits per heavy atom. The Morgan fingerprint density at radius 2 is 1.82 bits per heavy atom. The van der Waals surface area contributed by atoms with Gasteiger partial charge in [-0.25, -0.2) is 0 Å². The first-order valence-electron chi connectivity index (χ1n) is 4.09. The minimum absolute atomic E-state index is 0.394. The Morgan fingerprint density at radius 1 is 1.36 bits per heavy atom. The van der Waals surface area contributed by atoms with Crippen LogP contribution in [0.3, 0.4) is 0 Å². The molecule has 70 valence electrons. The SMILES string of the molecule is CC.COCC(C)NN(C)C. The lowest BCUT2D eigenvalue weighted by Gasteiger charge is -2.17. The van der Waals surface area contributed by atoms with Crippen molar-refractivity contribution in [3.63, 3.8) is 0 Å². The van der Waals surface area contributed by atoms with E-state index in [2.05, 4.69) is 12.3 Å². The van der Waals surface area contributed by atoms with Gasteiger partial charge in [-0.3, -0.25) is 10.4 Å². The average Bonchev–Trinajstić information content (AvgIpc) is 1.91. The molecule has 3 heteroatoms. The van der Waals surface area contributed by atoms with Crippen LogP contribution in [-0.2, 0) is 4.74 Å². The highest BCUT2D eigenvalue weighted by Gasteiger charge is 1.98. The maximum Gasteiger partial charge on any atom is 0.0626 e. The zero-order valence-electron chi connectivity index (χ0n) is 8.64. The molecule has 0 radical (unpaired) electrons. The van der Waals surface area contributed by atoms with Gasteiger partial charge >= 0.3 is 0 Å². The van der Waals surface area contributed by atoms with Crippen LogP contribution in [-0.4, -0.2) is 38.9 Å². The molecule has 0 rings (SSSR count). The number of nitrogens with one attached hydrogen (secondary N) is 1. The van der Waals surface area contributed by atoms with Crippen LogP contribution in [0.2, 0.25) is 0 Å². The highest BCUT2D eigenvalue weighted by molar-refractivity contribution is 4.52. The summed E-state index contributed by atoms with van der Waals surface area (Å²) in [5, 5.41) is 1.92. The van der Waals surface area contributed by atoms with E-state index in [4.69, 9.17) is 4.74 Å². The number of methoxy groups -OCH3 is 1. The van der Waals surface area contributed by atoms with E-state index in [-0.39, 0.29) is 0 Å². The minimum Gasteiger partial charge on any atom is -0.383 e. The number of nitrogens with zero attached hydrogens (tertiary/aromatic N) is 1. The number of hydrogen-bond acceptors (Lipinski definition) is 3. The zero-order chi connectivity index (χ0) is 9.28. The first kappa shape index (κ1) is 13.5. The van der Waals surface area contributed by atoms with Crippen molar-refractivity contribution in [1.82, 2.24) is 10.4 Å². The normalized spacial score (nSPS) is 12.3. The van der Waals surface area contributed by atoms with E-state index < -0.39 is 0 Å². The fourth-order valence-electron chi connectivity index (χ4n) is 0.728. The summed E-state index contributed by atoms with van der Waals surface area (Å²) in [5.41, 5.74) is 3.15. The number of ether oxygens (including phenoxy) is 1. The third kappa shape index (κ3) is 13.0. The molecule has 11 heavy (non-hydrogen) atoms. The van der Waals surface area contributed by atoms with Gasteiger partial charge in [0.25, 0.3) is 0 Å². The van der Waals surface area contributed by atoms with Crippen LogP contribution in [0.25, 0.3) is 0 Å². The summed E-state index contributed by atoms with van der Waals surface area (Å²) < 4.78 is 4.92. The monoisotopic (exact) mass is 162 g/mol. The fraction of sp³-hybridized carbons (Fsp3) is 1.00. The van der Waals surface area contributed by atoms with Gasteiger partial charge in [-0.2, -0.15) is 0 Å². The molecule has 0 heterocycles. The van der Waals surface area contributed by atoms with Gasteiger partial charge in [0.05, 0.1) is 6.61 Å². The quantitative estimate of drug-likeness (QED) is 0.627. The number of rotatable bonds is 4. The van der Waals surface area contributed by atoms with Gasteiger partial charge in [0.2, 0.25) is 0 Å². The molecule has 0 aromatic heterocycles. The van der Waals surface area contributed by atoms with Crippen molar-refractivity contribution in [2.75, 3.05) is 27.8 Å². The predicted molar refractivity (Wildman–Crippen MR) is 49.5 cm³/mol. The Kier molecular flexibility index (Phi) is 12.1. The summed E-state index contributed by atoms with van der Waals surface area (Å²) in [6.07, 6.45) is 0. The topological polar surface area (TPSA) is 24.5 Å². The van der Waals surface area contributed by atoms with Gasteiger partial charge in [0.1, 0.15) is 0 Å². The predicted octanol–water partition coefficient (Wildman–Crippen LogP) is 1.11. The largest absolute Gasteiger partial charge is 0.383 e. The van der Waals surface area contributed by atoms with E-state index in [1.807, 2.05) is 33.0 Å². The zero-order valence-corrected chi connectivity index (χ0v) is 8.64. The second-order valence-corrected chi connectivity index (χ2v) is 2.38. The molecule has 0 aliphatic carbocycles. The molecule has 0 aliphatic heterocycles. The summed E-state index contributed by atoms with van der Waals surface area (Å²) in [7, 11) is 5.63. The smallest absolute Gasteiger partial charge is 0.0626 e. The molecule has 1 unspecified atom stereocenters. The van der Waals surface area contributed by atoms with Gasteiger partial charge in [-0.05, 0) is 6.92 Å².